The fraction of sp³-hybridized carbons (Fsp3) is 0.0952. The van der Waals surface area contributed by atoms with E-state index in [1.54, 1.807) is 6.07 Å². The van der Waals surface area contributed by atoms with Crippen molar-refractivity contribution in [3.05, 3.63) is 71.0 Å². The van der Waals surface area contributed by atoms with Crippen molar-refractivity contribution in [3.63, 3.8) is 0 Å². The molecule has 3 rings (SSSR count). The number of hydrogen-bond acceptors (Lipinski definition) is 9. The van der Waals surface area contributed by atoms with Crippen LogP contribution in [0.5, 0.6) is 5.75 Å². The number of nitrogens with one attached hydrogen (secondary N) is 1. The Labute approximate surface area is 192 Å². The van der Waals surface area contributed by atoms with Crippen molar-refractivity contribution in [1.82, 2.24) is 10.2 Å². The molecule has 0 atom stereocenters. The molecule has 168 valence electrons. The van der Waals surface area contributed by atoms with Crippen LogP contribution in [0.2, 0.25) is 0 Å². The van der Waals surface area contributed by atoms with E-state index in [9.17, 15) is 27.7 Å². The van der Waals surface area contributed by atoms with Gasteiger partial charge in [0.25, 0.3) is 5.91 Å². The molecule has 33 heavy (non-hydrogen) atoms. The van der Waals surface area contributed by atoms with Gasteiger partial charge in [-0.2, -0.15) is 5.26 Å². The molecule has 1 aromatic heterocycles. The van der Waals surface area contributed by atoms with Gasteiger partial charge in [-0.3, -0.25) is 10.1 Å². The third-order valence-electron chi connectivity index (χ3n) is 4.13. The monoisotopic (exact) mass is 486 g/mol. The Bertz CT molecular complexity index is 1380. The van der Waals surface area contributed by atoms with Gasteiger partial charge in [-0.25, -0.2) is 17.6 Å². The van der Waals surface area contributed by atoms with Crippen LogP contribution >= 0.6 is 11.3 Å². The summed E-state index contributed by atoms with van der Waals surface area (Å²) >= 11 is 0.680. The SMILES string of the molecule is CCS(=O)(=O)c1nnc(NC(=O)/C(C#N)=C\c2ccc(OC(=O)c3ccccc3F)cc2)s1. The number of benzene rings is 2. The van der Waals surface area contributed by atoms with Gasteiger partial charge in [0.15, 0.2) is 0 Å². The Morgan fingerprint density at radius 3 is 2.52 bits per heavy atom. The van der Waals surface area contributed by atoms with E-state index in [1.165, 1.54) is 55.5 Å². The molecular formula is C21H15FN4O5S2. The standard InChI is InChI=1S/C21H15FN4O5S2/c1-2-33(29,30)21-26-25-20(32-21)24-18(27)14(12-23)11-13-7-9-15(10-8-13)31-19(28)16-5-3-4-6-17(16)22/h3-11H,2H2,1H3,(H,24,25,27)/b14-11-. The zero-order valence-corrected chi connectivity index (χ0v) is 18.6. The second-order valence-electron chi connectivity index (χ2n) is 6.34. The summed E-state index contributed by atoms with van der Waals surface area (Å²) in [4.78, 5) is 24.4. The van der Waals surface area contributed by atoms with Gasteiger partial charge < -0.3 is 4.74 Å². The summed E-state index contributed by atoms with van der Waals surface area (Å²) in [5.74, 6) is -2.40. The number of anilines is 1. The van der Waals surface area contributed by atoms with Crippen LogP contribution in [-0.4, -0.2) is 36.2 Å². The average Bonchev–Trinajstić information content (AvgIpc) is 3.28. The smallest absolute Gasteiger partial charge is 0.346 e. The first kappa shape index (κ1) is 23.7. The van der Waals surface area contributed by atoms with Crippen molar-refractivity contribution in [2.75, 3.05) is 11.1 Å². The topological polar surface area (TPSA) is 139 Å². The minimum atomic E-state index is -3.56. The molecule has 0 unspecified atom stereocenters. The van der Waals surface area contributed by atoms with Crippen molar-refractivity contribution in [3.8, 4) is 11.8 Å². The highest BCUT2D eigenvalue weighted by atomic mass is 32.2. The van der Waals surface area contributed by atoms with Crippen LogP contribution in [-0.2, 0) is 14.6 Å². The number of nitriles is 1. The van der Waals surface area contributed by atoms with Crippen molar-refractivity contribution in [1.29, 1.82) is 5.26 Å². The molecule has 12 heteroatoms. The van der Waals surface area contributed by atoms with E-state index < -0.39 is 27.5 Å². The highest BCUT2D eigenvalue weighted by Gasteiger charge is 2.20. The Balaban J connectivity index is 1.70. The lowest BCUT2D eigenvalue weighted by molar-refractivity contribution is -0.112. The molecule has 1 amide bonds. The van der Waals surface area contributed by atoms with Crippen LogP contribution in [0, 0.1) is 17.1 Å². The fourth-order valence-corrected chi connectivity index (χ4v) is 4.39. The maximum atomic E-state index is 13.7. The van der Waals surface area contributed by atoms with Gasteiger partial charge in [-0.15, -0.1) is 10.2 Å². The Hall–Kier alpha value is -3.95. The molecule has 3 aromatic rings. The number of esters is 1. The van der Waals surface area contributed by atoms with E-state index in [2.05, 4.69) is 15.5 Å². The predicted molar refractivity (Wildman–Crippen MR) is 118 cm³/mol. The van der Waals surface area contributed by atoms with E-state index in [1.807, 2.05) is 0 Å². The zero-order valence-electron chi connectivity index (χ0n) is 17.0. The number of carbonyl (C=O) groups is 2. The number of rotatable bonds is 7. The Morgan fingerprint density at radius 1 is 1.18 bits per heavy atom. The lowest BCUT2D eigenvalue weighted by Gasteiger charge is -2.05. The average molecular weight is 487 g/mol. The number of carbonyl (C=O) groups excluding carboxylic acids is 2. The molecule has 0 saturated heterocycles. The Morgan fingerprint density at radius 2 is 1.88 bits per heavy atom. The highest BCUT2D eigenvalue weighted by Crippen LogP contribution is 2.22. The van der Waals surface area contributed by atoms with E-state index in [-0.39, 0.29) is 32.1 Å². The van der Waals surface area contributed by atoms with Crippen LogP contribution < -0.4 is 10.1 Å². The number of nitrogens with zero attached hydrogens (tertiary/aromatic N) is 3. The third-order valence-corrected chi connectivity index (χ3v) is 7.15. The molecule has 1 N–H and O–H groups in total. The minimum Gasteiger partial charge on any atom is -0.423 e. The third kappa shape index (κ3) is 5.85. The molecule has 0 aliphatic rings. The molecule has 0 radical (unpaired) electrons. The first-order valence-corrected chi connectivity index (χ1v) is 11.8. The van der Waals surface area contributed by atoms with Gasteiger partial charge >= 0.3 is 5.97 Å². The summed E-state index contributed by atoms with van der Waals surface area (Å²) < 4.78 is 42.2. The molecular weight excluding hydrogens is 471 g/mol. The van der Waals surface area contributed by atoms with Gasteiger partial charge in [0.05, 0.1) is 11.3 Å². The van der Waals surface area contributed by atoms with Gasteiger partial charge in [0, 0.05) is 0 Å². The van der Waals surface area contributed by atoms with Crippen LogP contribution in [0.3, 0.4) is 0 Å². The van der Waals surface area contributed by atoms with Crippen molar-refractivity contribution < 1.29 is 27.1 Å². The minimum absolute atomic E-state index is 0.0661. The van der Waals surface area contributed by atoms with Crippen LogP contribution in [0.1, 0.15) is 22.8 Å². The second kappa shape index (κ2) is 10.1. The summed E-state index contributed by atoms with van der Waals surface area (Å²) in [6, 6.07) is 13.0. The van der Waals surface area contributed by atoms with E-state index in [4.69, 9.17) is 4.74 Å². The quantitative estimate of drug-likeness (QED) is 0.177. The Kier molecular flexibility index (Phi) is 7.27. The summed E-state index contributed by atoms with van der Waals surface area (Å²) in [6.07, 6.45) is 1.28. The van der Waals surface area contributed by atoms with E-state index in [0.717, 1.165) is 6.07 Å². The van der Waals surface area contributed by atoms with E-state index >= 15 is 0 Å². The summed E-state index contributed by atoms with van der Waals surface area (Å²) in [6.45, 7) is 1.46. The predicted octanol–water partition coefficient (Wildman–Crippen LogP) is 3.24. The van der Waals surface area contributed by atoms with Crippen LogP contribution in [0.4, 0.5) is 9.52 Å². The van der Waals surface area contributed by atoms with Crippen LogP contribution in [0.25, 0.3) is 6.08 Å². The fourth-order valence-electron chi connectivity index (χ4n) is 2.41. The number of hydrogen-bond donors (Lipinski definition) is 1. The van der Waals surface area contributed by atoms with Gasteiger partial charge in [0.1, 0.15) is 23.2 Å². The van der Waals surface area contributed by atoms with Crippen LogP contribution in [0.15, 0.2) is 58.4 Å². The molecule has 0 bridgehead atoms. The molecule has 0 aliphatic carbocycles. The lowest BCUT2D eigenvalue weighted by Crippen LogP contribution is -2.13. The molecule has 1 heterocycles. The molecule has 0 aliphatic heterocycles. The molecule has 2 aromatic carbocycles. The highest BCUT2D eigenvalue weighted by molar-refractivity contribution is 7.93. The molecule has 0 spiro atoms. The maximum absolute atomic E-state index is 13.7. The van der Waals surface area contributed by atoms with Crippen molar-refractivity contribution in [2.24, 2.45) is 0 Å². The first-order chi connectivity index (χ1) is 15.7. The largest absolute Gasteiger partial charge is 0.423 e. The number of aromatic nitrogens is 2. The number of sulfone groups is 1. The van der Waals surface area contributed by atoms with Crippen molar-refractivity contribution >= 4 is 44.3 Å². The second-order valence-corrected chi connectivity index (χ2v) is 9.77. The maximum Gasteiger partial charge on any atom is 0.346 e. The number of halogens is 1. The van der Waals surface area contributed by atoms with Gasteiger partial charge in [-0.05, 0) is 35.9 Å². The van der Waals surface area contributed by atoms with Gasteiger partial charge in [-0.1, -0.05) is 42.5 Å². The van der Waals surface area contributed by atoms with E-state index in [0.29, 0.717) is 16.9 Å². The van der Waals surface area contributed by atoms with Crippen molar-refractivity contribution in [2.45, 2.75) is 11.3 Å². The molecule has 0 fully saturated rings. The number of amides is 1. The molecule has 9 nitrogen and oxygen atoms in total. The first-order valence-electron chi connectivity index (χ1n) is 9.29. The zero-order chi connectivity index (χ0) is 24.0. The summed E-state index contributed by atoms with van der Waals surface area (Å²) in [7, 11) is -3.56. The van der Waals surface area contributed by atoms with Gasteiger partial charge in [0.2, 0.25) is 19.3 Å². The molecule has 0 saturated carbocycles. The normalized spacial score (nSPS) is 11.5. The lowest BCUT2D eigenvalue weighted by atomic mass is 10.1. The number of ether oxygens (including phenoxy) is 1. The summed E-state index contributed by atoms with van der Waals surface area (Å²) in [5.41, 5.74) is -0.0448. The summed E-state index contributed by atoms with van der Waals surface area (Å²) in [5, 5.41) is 18.7.